The number of nitrogens with zero attached hydrogens (tertiary/aromatic N) is 3. The second-order valence-corrected chi connectivity index (χ2v) is 5.58. The molecule has 3 aromatic rings. The number of rotatable bonds is 6. The van der Waals surface area contributed by atoms with Crippen LogP contribution in [-0.2, 0) is 11.2 Å². The average Bonchev–Trinajstić information content (AvgIpc) is 3.26. The molecule has 2 aromatic heterocycles. The molecule has 0 fully saturated rings. The molecule has 156 valence electrons. The van der Waals surface area contributed by atoms with Gasteiger partial charge < -0.3 is 31.4 Å². The van der Waals surface area contributed by atoms with Gasteiger partial charge in [-0.15, -0.1) is 0 Å². The molecule has 0 spiro atoms. The molecule has 2 heterocycles. The van der Waals surface area contributed by atoms with Crippen LogP contribution in [0.2, 0.25) is 0 Å². The highest BCUT2D eigenvalue weighted by atomic mass is 19.4. The fraction of sp³-hybridized carbons (Fsp3) is 0.250. The fourth-order valence-electron chi connectivity index (χ4n) is 2.19. The van der Waals surface area contributed by atoms with E-state index in [2.05, 4.69) is 31.5 Å². The molecule has 0 radical (unpaired) electrons. The van der Waals surface area contributed by atoms with Crippen LogP contribution in [0.4, 0.5) is 19.1 Å². The highest BCUT2D eigenvalue weighted by molar-refractivity contribution is 5.83. The van der Waals surface area contributed by atoms with Crippen LogP contribution in [-0.4, -0.2) is 51.4 Å². The lowest BCUT2D eigenvalue weighted by atomic mass is 10.1. The number of H-pyrrole nitrogens is 1. The van der Waals surface area contributed by atoms with Gasteiger partial charge in [-0.25, -0.2) is 4.79 Å². The highest BCUT2D eigenvalue weighted by Gasteiger charge is 2.38. The Morgan fingerprint density at radius 1 is 1.31 bits per heavy atom. The number of hydrogen-bond acceptors (Lipinski definition) is 6. The van der Waals surface area contributed by atoms with Crippen molar-refractivity contribution in [2.45, 2.75) is 12.6 Å². The average molecular weight is 413 g/mol. The van der Waals surface area contributed by atoms with Crippen molar-refractivity contribution in [1.29, 1.82) is 0 Å². The van der Waals surface area contributed by atoms with Crippen LogP contribution in [0.3, 0.4) is 0 Å². The number of guanidine groups is 1. The number of aliphatic carboxylic acids is 1. The summed E-state index contributed by atoms with van der Waals surface area (Å²) in [4.78, 5) is 20.3. The van der Waals surface area contributed by atoms with Crippen LogP contribution in [0.25, 0.3) is 10.9 Å². The van der Waals surface area contributed by atoms with Gasteiger partial charge in [-0.1, -0.05) is 18.2 Å². The molecule has 1 aromatic carbocycles. The Morgan fingerprint density at radius 2 is 2.00 bits per heavy atom. The van der Waals surface area contributed by atoms with Gasteiger partial charge in [-0.05, 0) is 16.8 Å². The zero-order valence-corrected chi connectivity index (χ0v) is 14.9. The molecule has 29 heavy (non-hydrogen) atoms. The summed E-state index contributed by atoms with van der Waals surface area (Å²) < 4.78 is 37.0. The van der Waals surface area contributed by atoms with Crippen molar-refractivity contribution in [2.24, 2.45) is 16.5 Å². The first kappa shape index (κ1) is 21.5. The number of aliphatic imine (C=N–C) groups is 1. The predicted molar refractivity (Wildman–Crippen MR) is 98.3 cm³/mol. The molecule has 3 rings (SSSR count). The molecular formula is C16H18F3N7O3. The van der Waals surface area contributed by atoms with Gasteiger partial charge in [0.1, 0.15) is 0 Å². The summed E-state index contributed by atoms with van der Waals surface area (Å²) in [6.45, 7) is 0.985. The highest BCUT2D eigenvalue weighted by Crippen LogP contribution is 2.20. The SMILES string of the molecule is NC(N)=NCCNc1noc(Cc2c[nH]c3ccccc23)n1.O=C(O)C(F)(F)F. The quantitative estimate of drug-likeness (QED) is 0.230. The van der Waals surface area contributed by atoms with Crippen LogP contribution >= 0.6 is 0 Å². The molecule has 10 nitrogen and oxygen atoms in total. The van der Waals surface area contributed by atoms with Gasteiger partial charge in [0.05, 0.1) is 13.0 Å². The summed E-state index contributed by atoms with van der Waals surface area (Å²) in [5, 5.41) is 15.2. The minimum absolute atomic E-state index is 0.0648. The van der Waals surface area contributed by atoms with Crippen molar-refractivity contribution < 1.29 is 27.6 Å². The third-order valence-corrected chi connectivity index (χ3v) is 3.42. The summed E-state index contributed by atoms with van der Waals surface area (Å²) >= 11 is 0. The largest absolute Gasteiger partial charge is 0.490 e. The van der Waals surface area contributed by atoms with E-state index in [1.54, 1.807) is 0 Å². The molecule has 0 amide bonds. The Labute approximate surface area is 161 Å². The molecule has 0 bridgehead atoms. The smallest absolute Gasteiger partial charge is 0.475 e. The number of benzene rings is 1. The first-order valence-corrected chi connectivity index (χ1v) is 8.13. The molecule has 0 aliphatic carbocycles. The number of halogens is 3. The molecule has 0 aliphatic rings. The van der Waals surface area contributed by atoms with Crippen molar-refractivity contribution >= 4 is 28.8 Å². The summed E-state index contributed by atoms with van der Waals surface area (Å²) in [5.41, 5.74) is 12.7. The lowest BCUT2D eigenvalue weighted by Gasteiger charge is -1.97. The van der Waals surface area contributed by atoms with Gasteiger partial charge >= 0.3 is 12.1 Å². The number of alkyl halides is 3. The maximum Gasteiger partial charge on any atom is 0.490 e. The maximum absolute atomic E-state index is 10.6. The minimum Gasteiger partial charge on any atom is -0.475 e. The first-order valence-electron chi connectivity index (χ1n) is 8.13. The van der Waals surface area contributed by atoms with E-state index >= 15 is 0 Å². The maximum atomic E-state index is 10.6. The molecular weight excluding hydrogens is 395 g/mol. The van der Waals surface area contributed by atoms with Gasteiger partial charge in [0.25, 0.3) is 5.95 Å². The van der Waals surface area contributed by atoms with Gasteiger partial charge in [0.15, 0.2) is 5.96 Å². The second-order valence-electron chi connectivity index (χ2n) is 5.58. The molecule has 13 heteroatoms. The predicted octanol–water partition coefficient (Wildman–Crippen LogP) is 1.46. The van der Waals surface area contributed by atoms with E-state index < -0.39 is 12.1 Å². The number of carbonyl (C=O) groups is 1. The van der Waals surface area contributed by atoms with E-state index in [1.807, 2.05) is 24.4 Å². The topological polar surface area (TPSA) is 168 Å². The van der Waals surface area contributed by atoms with Crippen LogP contribution in [0.15, 0.2) is 40.0 Å². The lowest BCUT2D eigenvalue weighted by molar-refractivity contribution is -0.192. The zero-order valence-electron chi connectivity index (χ0n) is 14.9. The van der Waals surface area contributed by atoms with Crippen molar-refractivity contribution in [2.75, 3.05) is 18.4 Å². The summed E-state index contributed by atoms with van der Waals surface area (Å²) in [7, 11) is 0. The Kier molecular flexibility index (Phi) is 7.00. The van der Waals surface area contributed by atoms with E-state index in [9.17, 15) is 13.2 Å². The van der Waals surface area contributed by atoms with Crippen LogP contribution in [0.1, 0.15) is 11.5 Å². The van der Waals surface area contributed by atoms with Crippen LogP contribution in [0, 0.1) is 0 Å². The van der Waals surface area contributed by atoms with E-state index in [-0.39, 0.29) is 5.96 Å². The van der Waals surface area contributed by atoms with Crippen molar-refractivity contribution in [1.82, 2.24) is 15.1 Å². The number of carboxylic acid groups (broad SMARTS) is 1. The number of nitrogens with one attached hydrogen (secondary N) is 2. The fourth-order valence-corrected chi connectivity index (χ4v) is 2.19. The van der Waals surface area contributed by atoms with Gasteiger partial charge in [-0.3, -0.25) is 4.99 Å². The molecule has 7 N–H and O–H groups in total. The lowest BCUT2D eigenvalue weighted by Crippen LogP contribution is -2.24. The number of aromatic amines is 1. The standard InChI is InChI=1S/C14H17N7O.C2HF3O2/c15-13(16)17-5-6-18-14-20-12(22-21-14)7-9-8-19-11-4-2-1-3-10(9)11;3-2(4,5)1(6)7/h1-4,8,19H,5-7H2,(H,18,21)(H4,15,16,17);(H,6,7). The number of hydrogen-bond donors (Lipinski definition) is 5. The third-order valence-electron chi connectivity index (χ3n) is 3.42. The van der Waals surface area contributed by atoms with E-state index in [4.69, 9.17) is 25.9 Å². The van der Waals surface area contributed by atoms with Crippen molar-refractivity contribution in [3.05, 3.63) is 41.9 Å². The Hall–Kier alpha value is -3.77. The van der Waals surface area contributed by atoms with Crippen LogP contribution in [0.5, 0.6) is 0 Å². The monoisotopic (exact) mass is 413 g/mol. The number of para-hydroxylation sites is 1. The Bertz CT molecular complexity index is 977. The first-order chi connectivity index (χ1) is 13.7. The van der Waals surface area contributed by atoms with Gasteiger partial charge in [0.2, 0.25) is 5.89 Å². The zero-order chi connectivity index (χ0) is 21.4. The third kappa shape index (κ3) is 6.71. The van der Waals surface area contributed by atoms with Crippen LogP contribution < -0.4 is 16.8 Å². The Morgan fingerprint density at radius 3 is 2.66 bits per heavy atom. The number of nitrogens with two attached hydrogens (primary N) is 2. The summed E-state index contributed by atoms with van der Waals surface area (Å²) in [6.07, 6.45) is -2.55. The molecule has 0 atom stereocenters. The van der Waals surface area contributed by atoms with Gasteiger partial charge in [-0.2, -0.15) is 18.2 Å². The number of aromatic nitrogens is 3. The number of fused-ring (bicyclic) bond motifs is 1. The molecule has 0 saturated heterocycles. The van der Waals surface area contributed by atoms with Crippen molar-refractivity contribution in [3.8, 4) is 0 Å². The van der Waals surface area contributed by atoms with E-state index in [0.717, 1.165) is 16.5 Å². The Balaban J connectivity index is 0.000000370. The van der Waals surface area contributed by atoms with Crippen molar-refractivity contribution in [3.63, 3.8) is 0 Å². The molecule has 0 saturated carbocycles. The molecule has 0 aliphatic heterocycles. The van der Waals surface area contributed by atoms with E-state index in [0.29, 0.717) is 31.3 Å². The summed E-state index contributed by atoms with van der Waals surface area (Å²) in [5.74, 6) is -1.71. The van der Waals surface area contributed by atoms with E-state index in [1.165, 1.54) is 0 Å². The van der Waals surface area contributed by atoms with Gasteiger partial charge in [0, 0.05) is 23.6 Å². The molecule has 0 unspecified atom stereocenters. The number of anilines is 1. The number of carboxylic acids is 1. The normalized spacial score (nSPS) is 10.9. The minimum atomic E-state index is -5.08. The second kappa shape index (κ2) is 9.43. The summed E-state index contributed by atoms with van der Waals surface area (Å²) in [6, 6.07) is 8.09.